The fourth-order valence-corrected chi connectivity index (χ4v) is 3.38. The Hall–Kier alpha value is -3.41. The summed E-state index contributed by atoms with van der Waals surface area (Å²) in [7, 11) is 0. The molecule has 1 atom stereocenters. The number of aryl methyl sites for hydroxylation is 1. The number of aliphatic carboxylic acids is 1. The lowest BCUT2D eigenvalue weighted by Gasteiger charge is -2.14. The highest BCUT2D eigenvalue weighted by Gasteiger charge is 2.12. The van der Waals surface area contributed by atoms with Crippen LogP contribution in [-0.4, -0.2) is 27.2 Å². The van der Waals surface area contributed by atoms with Gasteiger partial charge in [0.25, 0.3) is 5.56 Å². The Morgan fingerprint density at radius 1 is 1.13 bits per heavy atom. The summed E-state index contributed by atoms with van der Waals surface area (Å²) in [6, 6.07) is 18.7. The van der Waals surface area contributed by atoms with Crippen molar-refractivity contribution in [3.8, 4) is 17.0 Å². The monoisotopic (exact) mass is 420 g/mol. The molecule has 0 saturated carbocycles. The van der Waals surface area contributed by atoms with Gasteiger partial charge in [-0.3, -0.25) is 14.2 Å². The molecule has 0 aliphatic heterocycles. The number of ether oxygens (including phenoxy) is 1. The molecule has 1 aromatic heterocycles. The van der Waals surface area contributed by atoms with Gasteiger partial charge in [0, 0.05) is 18.1 Å². The van der Waals surface area contributed by atoms with Crippen LogP contribution in [0.3, 0.4) is 0 Å². The smallest absolute Gasteiger partial charge is 0.306 e. The molecule has 1 unspecified atom stereocenters. The van der Waals surface area contributed by atoms with Crippen LogP contribution in [-0.2, 0) is 24.2 Å². The van der Waals surface area contributed by atoms with E-state index in [1.807, 2.05) is 54.6 Å². The van der Waals surface area contributed by atoms with Crippen molar-refractivity contribution in [3.63, 3.8) is 0 Å². The Kier molecular flexibility index (Phi) is 7.60. The lowest BCUT2D eigenvalue weighted by atomic mass is 10.0. The molecule has 0 fully saturated rings. The van der Waals surface area contributed by atoms with Crippen molar-refractivity contribution < 1.29 is 14.6 Å². The van der Waals surface area contributed by atoms with E-state index in [1.54, 1.807) is 17.6 Å². The molecule has 31 heavy (non-hydrogen) atoms. The number of hydrogen-bond donors (Lipinski definition) is 1. The summed E-state index contributed by atoms with van der Waals surface area (Å²) in [6.07, 6.45) is 2.08. The fourth-order valence-electron chi connectivity index (χ4n) is 3.38. The van der Waals surface area contributed by atoms with Crippen molar-refractivity contribution in [3.05, 3.63) is 82.4 Å². The summed E-state index contributed by atoms with van der Waals surface area (Å²) in [6.45, 7) is 4.51. The van der Waals surface area contributed by atoms with Gasteiger partial charge in [0.1, 0.15) is 18.2 Å². The van der Waals surface area contributed by atoms with Crippen LogP contribution in [0.25, 0.3) is 11.3 Å². The van der Waals surface area contributed by atoms with Crippen molar-refractivity contribution in [1.82, 2.24) is 9.55 Å². The molecule has 3 rings (SSSR count). The molecule has 0 spiro atoms. The van der Waals surface area contributed by atoms with Gasteiger partial charge in [0.15, 0.2) is 0 Å². The normalized spacial score (nSPS) is 11.8. The molecular weight excluding hydrogens is 392 g/mol. The number of benzene rings is 2. The maximum atomic E-state index is 12.8. The fraction of sp³-hybridized carbons (Fsp3) is 0.320. The van der Waals surface area contributed by atoms with E-state index in [0.717, 1.165) is 23.4 Å². The SMILES string of the molecule is CCCc1nc(-c2ccccc2)cc(=O)n1CCOc1ccc(CC(C)C(=O)O)cc1. The minimum atomic E-state index is -0.805. The number of hydrogen-bond acceptors (Lipinski definition) is 4. The maximum Gasteiger partial charge on any atom is 0.306 e. The molecule has 6 nitrogen and oxygen atoms in total. The number of carboxylic acid groups (broad SMARTS) is 1. The Balaban J connectivity index is 1.67. The number of carboxylic acids is 1. The van der Waals surface area contributed by atoms with Crippen LogP contribution in [0, 0.1) is 5.92 Å². The molecule has 1 heterocycles. The van der Waals surface area contributed by atoms with Crippen molar-refractivity contribution in [2.24, 2.45) is 5.92 Å². The first-order valence-corrected chi connectivity index (χ1v) is 10.6. The molecule has 0 aliphatic carbocycles. The second kappa shape index (κ2) is 10.6. The molecule has 0 saturated heterocycles. The molecular formula is C25H28N2O4. The van der Waals surface area contributed by atoms with E-state index in [1.165, 1.54) is 0 Å². The van der Waals surface area contributed by atoms with E-state index >= 15 is 0 Å². The van der Waals surface area contributed by atoms with E-state index < -0.39 is 11.9 Å². The van der Waals surface area contributed by atoms with Crippen molar-refractivity contribution >= 4 is 5.97 Å². The quantitative estimate of drug-likeness (QED) is 0.531. The Labute approximate surface area is 182 Å². The van der Waals surface area contributed by atoms with Crippen LogP contribution in [0.1, 0.15) is 31.7 Å². The molecule has 0 amide bonds. The van der Waals surface area contributed by atoms with Gasteiger partial charge in [-0.05, 0) is 30.5 Å². The summed E-state index contributed by atoms with van der Waals surface area (Å²) < 4.78 is 7.50. The van der Waals surface area contributed by atoms with Crippen LogP contribution in [0.2, 0.25) is 0 Å². The Morgan fingerprint density at radius 3 is 2.48 bits per heavy atom. The first-order chi connectivity index (χ1) is 15.0. The van der Waals surface area contributed by atoms with Gasteiger partial charge in [0.05, 0.1) is 18.2 Å². The van der Waals surface area contributed by atoms with Crippen molar-refractivity contribution in [1.29, 1.82) is 0 Å². The highest BCUT2D eigenvalue weighted by molar-refractivity contribution is 5.69. The number of rotatable bonds is 10. The second-order valence-corrected chi connectivity index (χ2v) is 7.60. The van der Waals surface area contributed by atoms with E-state index in [9.17, 15) is 9.59 Å². The largest absolute Gasteiger partial charge is 0.492 e. The van der Waals surface area contributed by atoms with E-state index in [4.69, 9.17) is 14.8 Å². The molecule has 0 aliphatic rings. The zero-order valence-electron chi connectivity index (χ0n) is 18.0. The first-order valence-electron chi connectivity index (χ1n) is 10.6. The lowest BCUT2D eigenvalue weighted by Crippen LogP contribution is -2.27. The molecule has 0 radical (unpaired) electrons. The zero-order chi connectivity index (χ0) is 22.2. The van der Waals surface area contributed by atoms with Gasteiger partial charge >= 0.3 is 5.97 Å². The molecule has 3 aromatic rings. The topological polar surface area (TPSA) is 81.4 Å². The van der Waals surface area contributed by atoms with Crippen LogP contribution in [0.15, 0.2) is 65.5 Å². The average Bonchev–Trinajstić information content (AvgIpc) is 2.77. The molecule has 0 bridgehead atoms. The summed E-state index contributed by atoms with van der Waals surface area (Å²) >= 11 is 0. The molecule has 6 heteroatoms. The van der Waals surface area contributed by atoms with E-state index in [2.05, 4.69) is 6.92 Å². The number of nitrogens with zero attached hydrogens (tertiary/aromatic N) is 2. The second-order valence-electron chi connectivity index (χ2n) is 7.60. The highest BCUT2D eigenvalue weighted by Crippen LogP contribution is 2.17. The first kappa shape index (κ1) is 22.3. The number of aromatic nitrogens is 2. The van der Waals surface area contributed by atoms with Gasteiger partial charge in [0.2, 0.25) is 0 Å². The van der Waals surface area contributed by atoms with Crippen LogP contribution < -0.4 is 10.3 Å². The summed E-state index contributed by atoms with van der Waals surface area (Å²) in [4.78, 5) is 28.5. The van der Waals surface area contributed by atoms with Gasteiger partial charge in [-0.15, -0.1) is 0 Å². The minimum absolute atomic E-state index is 0.0843. The Morgan fingerprint density at radius 2 is 1.84 bits per heavy atom. The van der Waals surface area contributed by atoms with Crippen LogP contribution in [0.5, 0.6) is 5.75 Å². The average molecular weight is 421 g/mol. The molecule has 2 aromatic carbocycles. The zero-order valence-corrected chi connectivity index (χ0v) is 18.0. The highest BCUT2D eigenvalue weighted by atomic mass is 16.5. The third-order valence-corrected chi connectivity index (χ3v) is 5.10. The van der Waals surface area contributed by atoms with Gasteiger partial charge in [-0.2, -0.15) is 0 Å². The van der Waals surface area contributed by atoms with E-state index in [-0.39, 0.29) is 5.56 Å². The third-order valence-electron chi connectivity index (χ3n) is 5.10. The summed E-state index contributed by atoms with van der Waals surface area (Å²) in [5.41, 5.74) is 2.48. The van der Waals surface area contributed by atoms with Gasteiger partial charge in [-0.25, -0.2) is 4.98 Å². The Bertz CT molecular complexity index is 1060. The summed E-state index contributed by atoms with van der Waals surface area (Å²) in [5.74, 6) is 0.212. The lowest BCUT2D eigenvalue weighted by molar-refractivity contribution is -0.141. The number of carbonyl (C=O) groups is 1. The van der Waals surface area contributed by atoms with Crippen LogP contribution >= 0.6 is 0 Å². The van der Waals surface area contributed by atoms with Crippen LogP contribution in [0.4, 0.5) is 0 Å². The minimum Gasteiger partial charge on any atom is -0.492 e. The van der Waals surface area contributed by atoms with Gasteiger partial charge in [-0.1, -0.05) is 56.3 Å². The standard InChI is InChI=1S/C25H28N2O4/c1-3-7-23-26-22(20-8-5-4-6-9-20)17-24(28)27(23)14-15-31-21-12-10-19(11-13-21)16-18(2)25(29)30/h4-6,8-13,17-18H,3,7,14-16H2,1-2H3,(H,29,30). The molecule has 1 N–H and O–H groups in total. The van der Waals surface area contributed by atoms with Crippen molar-refractivity contribution in [2.45, 2.75) is 39.7 Å². The van der Waals surface area contributed by atoms with Gasteiger partial charge < -0.3 is 9.84 Å². The van der Waals surface area contributed by atoms with Crippen molar-refractivity contribution in [2.75, 3.05) is 6.61 Å². The van der Waals surface area contributed by atoms with E-state index in [0.29, 0.717) is 37.4 Å². The predicted molar refractivity (Wildman–Crippen MR) is 120 cm³/mol. The summed E-state index contributed by atoms with van der Waals surface area (Å²) in [5, 5.41) is 9.03. The third kappa shape index (κ3) is 6.04. The molecule has 162 valence electrons. The predicted octanol–water partition coefficient (Wildman–Crippen LogP) is 4.21. The maximum absolute atomic E-state index is 12.8.